The van der Waals surface area contributed by atoms with Crippen LogP contribution in [0, 0.1) is 0 Å². The van der Waals surface area contributed by atoms with Crippen LogP contribution < -0.4 is 4.74 Å². The first-order valence-corrected chi connectivity index (χ1v) is 9.74. The average molecular weight is 374 g/mol. The normalized spacial score (nSPS) is 21.9. The fourth-order valence-electron chi connectivity index (χ4n) is 3.88. The van der Waals surface area contributed by atoms with E-state index in [4.69, 9.17) is 9.84 Å². The van der Waals surface area contributed by atoms with Gasteiger partial charge in [-0.2, -0.15) is 0 Å². The van der Waals surface area contributed by atoms with Gasteiger partial charge in [-0.15, -0.1) is 0 Å². The van der Waals surface area contributed by atoms with Gasteiger partial charge in [0.15, 0.2) is 0 Å². The fraction of sp³-hybridized carbons (Fsp3) is 0.632. The lowest BCUT2D eigenvalue weighted by Gasteiger charge is -2.41. The minimum atomic E-state index is -1.06. The molecule has 8 heteroatoms. The van der Waals surface area contributed by atoms with Gasteiger partial charge in [-0.05, 0) is 31.4 Å². The number of pyridine rings is 1. The van der Waals surface area contributed by atoms with E-state index in [1.807, 2.05) is 9.80 Å². The van der Waals surface area contributed by atoms with Crippen molar-refractivity contribution in [2.24, 2.45) is 0 Å². The number of amides is 2. The smallest absolute Gasteiger partial charge is 0.354 e. The number of hydrogen-bond acceptors (Lipinski definition) is 5. The Morgan fingerprint density at radius 3 is 2.48 bits per heavy atom. The maximum atomic E-state index is 12.7. The highest BCUT2D eigenvalue weighted by Crippen LogP contribution is 2.26. The summed E-state index contributed by atoms with van der Waals surface area (Å²) in [5.74, 6) is -0.529. The van der Waals surface area contributed by atoms with Crippen LogP contribution in [0.15, 0.2) is 18.3 Å². The van der Waals surface area contributed by atoms with Gasteiger partial charge in [0.05, 0.1) is 19.3 Å². The van der Waals surface area contributed by atoms with Gasteiger partial charge in [0.2, 0.25) is 0 Å². The van der Waals surface area contributed by atoms with Crippen molar-refractivity contribution in [2.75, 3.05) is 39.3 Å². The number of ether oxygens (including phenoxy) is 1. The molecule has 2 amide bonds. The molecule has 1 aromatic heterocycles. The summed E-state index contributed by atoms with van der Waals surface area (Å²) in [6, 6.07) is 3.86. The number of nitrogens with zero attached hydrogens (tertiary/aromatic N) is 4. The first kappa shape index (κ1) is 18.0. The van der Waals surface area contributed by atoms with Crippen LogP contribution in [0.3, 0.4) is 0 Å². The number of aromatic nitrogens is 1. The summed E-state index contributed by atoms with van der Waals surface area (Å²) in [7, 11) is 0. The predicted octanol–water partition coefficient (Wildman–Crippen LogP) is 1.52. The zero-order valence-electron chi connectivity index (χ0n) is 15.4. The summed E-state index contributed by atoms with van der Waals surface area (Å²) in [6.07, 6.45) is 6.34. The molecule has 3 heterocycles. The number of rotatable bonds is 4. The second-order valence-electron chi connectivity index (χ2n) is 7.57. The highest BCUT2D eigenvalue weighted by atomic mass is 16.5. The van der Waals surface area contributed by atoms with Gasteiger partial charge >= 0.3 is 12.0 Å². The van der Waals surface area contributed by atoms with Crippen molar-refractivity contribution in [3.05, 3.63) is 24.0 Å². The van der Waals surface area contributed by atoms with Crippen molar-refractivity contribution in [1.29, 1.82) is 0 Å². The second kappa shape index (κ2) is 7.72. The molecule has 146 valence electrons. The number of carbonyl (C=O) groups is 2. The Labute approximate surface area is 158 Å². The Morgan fingerprint density at radius 1 is 1.04 bits per heavy atom. The Kier molecular flexibility index (Phi) is 5.15. The van der Waals surface area contributed by atoms with Crippen LogP contribution in [0.4, 0.5) is 4.79 Å². The minimum Gasteiger partial charge on any atom is -0.485 e. The quantitative estimate of drug-likeness (QED) is 0.860. The van der Waals surface area contributed by atoms with Gasteiger partial charge in [0.1, 0.15) is 17.5 Å². The zero-order valence-corrected chi connectivity index (χ0v) is 15.4. The third kappa shape index (κ3) is 4.00. The first-order chi connectivity index (χ1) is 13.1. The molecule has 0 unspecified atom stereocenters. The van der Waals surface area contributed by atoms with E-state index in [0.29, 0.717) is 18.8 Å². The molecular weight excluding hydrogens is 348 g/mol. The number of likely N-dealkylation sites (tertiary alicyclic amines) is 1. The number of hydrogen-bond donors (Lipinski definition) is 1. The molecule has 0 atom stereocenters. The van der Waals surface area contributed by atoms with E-state index in [9.17, 15) is 9.59 Å². The molecule has 27 heavy (non-hydrogen) atoms. The Hall–Kier alpha value is -2.35. The predicted molar refractivity (Wildman–Crippen MR) is 98.0 cm³/mol. The van der Waals surface area contributed by atoms with Crippen molar-refractivity contribution in [1.82, 2.24) is 19.7 Å². The Bertz CT molecular complexity index is 685. The molecule has 2 aliphatic heterocycles. The van der Waals surface area contributed by atoms with E-state index in [1.54, 1.807) is 6.07 Å². The molecule has 1 aliphatic carbocycles. The van der Waals surface area contributed by atoms with Crippen molar-refractivity contribution in [2.45, 2.75) is 37.8 Å². The number of carboxylic acids is 1. The van der Waals surface area contributed by atoms with E-state index < -0.39 is 5.97 Å². The summed E-state index contributed by atoms with van der Waals surface area (Å²) < 4.78 is 5.77. The molecule has 0 bridgehead atoms. The maximum absolute atomic E-state index is 12.7. The molecule has 0 aromatic carbocycles. The van der Waals surface area contributed by atoms with Crippen molar-refractivity contribution < 1.29 is 19.4 Å². The van der Waals surface area contributed by atoms with Crippen molar-refractivity contribution in [3.63, 3.8) is 0 Å². The lowest BCUT2D eigenvalue weighted by molar-refractivity contribution is 0.0306. The monoisotopic (exact) mass is 374 g/mol. The van der Waals surface area contributed by atoms with E-state index in [0.717, 1.165) is 38.6 Å². The van der Waals surface area contributed by atoms with Crippen LogP contribution in [0.25, 0.3) is 0 Å². The molecule has 3 fully saturated rings. The first-order valence-electron chi connectivity index (χ1n) is 9.74. The third-order valence-corrected chi connectivity index (χ3v) is 5.77. The molecule has 1 aromatic rings. The van der Waals surface area contributed by atoms with Crippen LogP contribution in [0.5, 0.6) is 5.75 Å². The maximum Gasteiger partial charge on any atom is 0.354 e. The Morgan fingerprint density at radius 2 is 1.85 bits per heavy atom. The van der Waals surface area contributed by atoms with Gasteiger partial charge in [-0.1, -0.05) is 6.42 Å². The number of carbonyl (C=O) groups excluding carboxylic acids is 1. The van der Waals surface area contributed by atoms with Gasteiger partial charge in [0.25, 0.3) is 0 Å². The molecule has 4 rings (SSSR count). The van der Waals surface area contributed by atoms with Gasteiger partial charge < -0.3 is 19.6 Å². The molecule has 0 radical (unpaired) electrons. The van der Waals surface area contributed by atoms with Crippen LogP contribution in [-0.4, -0.2) is 88.2 Å². The van der Waals surface area contributed by atoms with Crippen molar-refractivity contribution >= 4 is 12.0 Å². The lowest BCUT2D eigenvalue weighted by Crippen LogP contribution is -2.60. The van der Waals surface area contributed by atoms with E-state index in [1.165, 1.54) is 31.5 Å². The SMILES string of the molecule is O=C(O)c1ccc(OC2CN(C(=O)N3CCCN(C4CCC4)CC3)C2)cn1. The lowest BCUT2D eigenvalue weighted by atomic mass is 9.91. The number of aromatic carboxylic acids is 1. The second-order valence-corrected chi connectivity index (χ2v) is 7.57. The molecule has 3 aliphatic rings. The summed E-state index contributed by atoms with van der Waals surface area (Å²) in [5.41, 5.74) is -0.00938. The molecule has 8 nitrogen and oxygen atoms in total. The van der Waals surface area contributed by atoms with Gasteiger partial charge in [0, 0.05) is 32.2 Å². The molecule has 0 spiro atoms. The Balaban J connectivity index is 1.23. The largest absolute Gasteiger partial charge is 0.485 e. The van der Waals surface area contributed by atoms with Crippen molar-refractivity contribution in [3.8, 4) is 5.75 Å². The third-order valence-electron chi connectivity index (χ3n) is 5.77. The van der Waals surface area contributed by atoms with Crippen LogP contribution in [0.2, 0.25) is 0 Å². The number of carboxylic acid groups (broad SMARTS) is 1. The average Bonchev–Trinajstić information content (AvgIpc) is 2.82. The topological polar surface area (TPSA) is 86.2 Å². The highest BCUT2D eigenvalue weighted by molar-refractivity contribution is 5.85. The molecule has 2 saturated heterocycles. The van der Waals surface area contributed by atoms with Crippen LogP contribution in [0.1, 0.15) is 36.2 Å². The zero-order chi connectivity index (χ0) is 18.8. The molecule has 1 N–H and O–H groups in total. The summed E-state index contributed by atoms with van der Waals surface area (Å²) in [6.45, 7) is 4.82. The highest BCUT2D eigenvalue weighted by Gasteiger charge is 2.36. The van der Waals surface area contributed by atoms with E-state index in [2.05, 4.69) is 9.88 Å². The fourth-order valence-corrected chi connectivity index (χ4v) is 3.88. The van der Waals surface area contributed by atoms with Crippen LogP contribution >= 0.6 is 0 Å². The molecule has 1 saturated carbocycles. The summed E-state index contributed by atoms with van der Waals surface area (Å²) in [4.78, 5) is 33.7. The van der Waals surface area contributed by atoms with Gasteiger partial charge in [-0.3, -0.25) is 4.90 Å². The van der Waals surface area contributed by atoms with E-state index in [-0.39, 0.29) is 17.8 Å². The summed E-state index contributed by atoms with van der Waals surface area (Å²) in [5, 5.41) is 8.86. The van der Waals surface area contributed by atoms with Crippen LogP contribution in [-0.2, 0) is 0 Å². The minimum absolute atomic E-state index is 0.00938. The van der Waals surface area contributed by atoms with E-state index >= 15 is 0 Å². The standard InChI is InChI=1S/C19H26N4O4/c24-18(25)17-6-5-15(11-20-17)27-16-12-23(13-16)19(26)22-8-2-7-21(9-10-22)14-3-1-4-14/h5-6,11,14,16H,1-4,7-10,12-13H2,(H,24,25). The summed E-state index contributed by atoms with van der Waals surface area (Å²) >= 11 is 0. The van der Waals surface area contributed by atoms with Gasteiger partial charge in [-0.25, -0.2) is 14.6 Å². The number of urea groups is 1. The molecular formula is C19H26N4O4.